The third kappa shape index (κ3) is 5.58. The normalized spacial score (nSPS) is 18.1. The minimum absolute atomic E-state index is 0.103. The van der Waals surface area contributed by atoms with Crippen molar-refractivity contribution in [3.63, 3.8) is 0 Å². The van der Waals surface area contributed by atoms with E-state index in [0.717, 1.165) is 22.4 Å². The molecule has 0 saturated carbocycles. The van der Waals surface area contributed by atoms with E-state index in [1.54, 1.807) is 11.1 Å². The van der Waals surface area contributed by atoms with E-state index in [-0.39, 0.29) is 23.8 Å². The Kier molecular flexibility index (Phi) is 6.45. The van der Waals surface area contributed by atoms with E-state index in [1.807, 2.05) is 93.7 Å². The van der Waals surface area contributed by atoms with Crippen molar-refractivity contribution in [2.75, 3.05) is 18.4 Å². The molecule has 0 bridgehead atoms. The summed E-state index contributed by atoms with van der Waals surface area (Å²) in [4.78, 5) is 31.8. The van der Waals surface area contributed by atoms with Gasteiger partial charge < -0.3 is 15.0 Å². The fraction of sp³-hybridized carbons (Fsp3) is 0.296. The number of pyridine rings is 1. The van der Waals surface area contributed by atoms with Crippen LogP contribution in [0.3, 0.4) is 0 Å². The molecule has 1 aliphatic rings. The van der Waals surface area contributed by atoms with E-state index >= 15 is 0 Å². The number of likely N-dealkylation sites (tertiary alicyclic amines) is 1. The van der Waals surface area contributed by atoms with E-state index < -0.39 is 5.60 Å². The second-order valence-electron chi connectivity index (χ2n) is 9.32. The average molecular weight is 444 g/mol. The maximum atomic E-state index is 13.3. The van der Waals surface area contributed by atoms with Crippen LogP contribution in [0.5, 0.6) is 0 Å². The van der Waals surface area contributed by atoms with Gasteiger partial charge in [0.2, 0.25) is 5.91 Å². The van der Waals surface area contributed by atoms with Gasteiger partial charge in [0.15, 0.2) is 0 Å². The van der Waals surface area contributed by atoms with Crippen molar-refractivity contribution < 1.29 is 14.3 Å². The summed E-state index contributed by atoms with van der Waals surface area (Å²) in [6.45, 7) is 6.28. The zero-order valence-electron chi connectivity index (χ0n) is 19.2. The number of nitrogens with zero attached hydrogens (tertiary/aromatic N) is 2. The number of carbonyl (C=O) groups excluding carboxylic acids is 2. The number of anilines is 1. The van der Waals surface area contributed by atoms with E-state index in [2.05, 4.69) is 10.3 Å². The molecule has 1 fully saturated rings. The number of ether oxygens (including phenoxy) is 1. The number of hydrogen-bond acceptors (Lipinski definition) is 4. The molecule has 1 saturated heterocycles. The molecule has 3 aromatic rings. The van der Waals surface area contributed by atoms with Gasteiger partial charge in [-0.1, -0.05) is 48.5 Å². The SMILES string of the molecule is CC(C)(C)OC(=O)N1C[C@@H](C(=O)Nc2ccc(-c3cccnc3)cc2)[C@H](c2ccccc2)C1. The summed E-state index contributed by atoms with van der Waals surface area (Å²) in [7, 11) is 0. The number of nitrogens with one attached hydrogen (secondary N) is 1. The monoisotopic (exact) mass is 443 g/mol. The Labute approximate surface area is 194 Å². The van der Waals surface area contributed by atoms with Crippen LogP contribution in [0.2, 0.25) is 0 Å². The first-order valence-electron chi connectivity index (χ1n) is 11.1. The molecule has 170 valence electrons. The first-order chi connectivity index (χ1) is 15.8. The predicted molar refractivity (Wildman–Crippen MR) is 129 cm³/mol. The topological polar surface area (TPSA) is 71.5 Å². The van der Waals surface area contributed by atoms with Crippen LogP contribution in [-0.2, 0) is 9.53 Å². The summed E-state index contributed by atoms with van der Waals surface area (Å²) in [6, 6.07) is 21.5. The average Bonchev–Trinajstić information content (AvgIpc) is 3.26. The van der Waals surface area contributed by atoms with E-state index in [1.165, 1.54) is 0 Å². The predicted octanol–water partition coefficient (Wildman–Crippen LogP) is 5.34. The quantitative estimate of drug-likeness (QED) is 0.591. The van der Waals surface area contributed by atoms with Gasteiger partial charge in [-0.25, -0.2) is 4.79 Å². The van der Waals surface area contributed by atoms with Crippen molar-refractivity contribution in [3.8, 4) is 11.1 Å². The lowest BCUT2D eigenvalue weighted by Crippen LogP contribution is -2.36. The first kappa shape index (κ1) is 22.5. The Hall–Kier alpha value is -3.67. The summed E-state index contributed by atoms with van der Waals surface area (Å²) in [6.07, 6.45) is 3.16. The molecule has 0 aliphatic carbocycles. The van der Waals surface area contributed by atoms with Crippen LogP contribution < -0.4 is 5.32 Å². The maximum Gasteiger partial charge on any atom is 0.410 e. The Balaban J connectivity index is 1.50. The second-order valence-corrected chi connectivity index (χ2v) is 9.32. The van der Waals surface area contributed by atoms with Crippen LogP contribution in [-0.4, -0.2) is 40.6 Å². The summed E-state index contributed by atoms with van der Waals surface area (Å²) in [5.74, 6) is -0.588. The molecule has 0 radical (unpaired) electrons. The molecule has 1 aliphatic heterocycles. The molecule has 6 heteroatoms. The molecule has 2 amide bonds. The largest absolute Gasteiger partial charge is 0.444 e. The highest BCUT2D eigenvalue weighted by Gasteiger charge is 2.41. The molecular weight excluding hydrogens is 414 g/mol. The number of rotatable bonds is 4. The number of amides is 2. The van der Waals surface area contributed by atoms with Crippen molar-refractivity contribution in [2.24, 2.45) is 5.92 Å². The molecule has 0 unspecified atom stereocenters. The Morgan fingerprint density at radius 2 is 1.67 bits per heavy atom. The molecule has 1 N–H and O–H groups in total. The third-order valence-corrected chi connectivity index (χ3v) is 5.68. The lowest BCUT2D eigenvalue weighted by molar-refractivity contribution is -0.119. The highest BCUT2D eigenvalue weighted by atomic mass is 16.6. The molecule has 33 heavy (non-hydrogen) atoms. The van der Waals surface area contributed by atoms with Gasteiger partial charge in [-0.15, -0.1) is 0 Å². The highest BCUT2D eigenvalue weighted by Crippen LogP contribution is 2.34. The van der Waals surface area contributed by atoms with E-state index in [4.69, 9.17) is 4.74 Å². The van der Waals surface area contributed by atoms with Crippen LogP contribution in [0.4, 0.5) is 10.5 Å². The number of hydrogen-bond donors (Lipinski definition) is 1. The van der Waals surface area contributed by atoms with Crippen LogP contribution >= 0.6 is 0 Å². The van der Waals surface area contributed by atoms with Gasteiger partial charge in [-0.3, -0.25) is 9.78 Å². The summed E-state index contributed by atoms with van der Waals surface area (Å²) < 4.78 is 5.56. The van der Waals surface area contributed by atoms with Gasteiger partial charge in [-0.2, -0.15) is 0 Å². The standard InChI is InChI=1S/C27H29N3O3/c1-27(2,3)33-26(32)30-17-23(20-8-5-4-6-9-20)24(18-30)25(31)29-22-13-11-19(12-14-22)21-10-7-15-28-16-21/h4-16,23-24H,17-18H2,1-3H3,(H,29,31)/t23-,24+/m0/s1. The van der Waals surface area contributed by atoms with E-state index in [9.17, 15) is 9.59 Å². The minimum Gasteiger partial charge on any atom is -0.444 e. The number of aromatic nitrogens is 1. The molecule has 4 rings (SSSR count). The van der Waals surface area contributed by atoms with E-state index in [0.29, 0.717) is 13.1 Å². The van der Waals surface area contributed by atoms with Gasteiger partial charge >= 0.3 is 6.09 Å². The highest BCUT2D eigenvalue weighted by molar-refractivity contribution is 5.94. The van der Waals surface area contributed by atoms with Crippen molar-refractivity contribution in [1.82, 2.24) is 9.88 Å². The lowest BCUT2D eigenvalue weighted by Gasteiger charge is -2.24. The zero-order chi connectivity index (χ0) is 23.4. The van der Waals surface area contributed by atoms with Crippen LogP contribution in [0.25, 0.3) is 11.1 Å². The lowest BCUT2D eigenvalue weighted by atomic mass is 9.88. The fourth-order valence-corrected chi connectivity index (χ4v) is 4.10. The molecule has 2 aromatic carbocycles. The van der Waals surface area contributed by atoms with Gasteiger partial charge in [0.05, 0.1) is 5.92 Å². The second kappa shape index (κ2) is 9.45. The van der Waals surface area contributed by atoms with Crippen molar-refractivity contribution in [1.29, 1.82) is 0 Å². The van der Waals surface area contributed by atoms with Crippen molar-refractivity contribution in [2.45, 2.75) is 32.3 Å². The van der Waals surface area contributed by atoms with Crippen molar-refractivity contribution in [3.05, 3.63) is 84.7 Å². The zero-order valence-corrected chi connectivity index (χ0v) is 19.2. The number of carbonyl (C=O) groups is 2. The molecule has 2 atom stereocenters. The fourth-order valence-electron chi connectivity index (χ4n) is 4.10. The van der Waals surface area contributed by atoms with Gasteiger partial charge in [0.1, 0.15) is 5.60 Å². The van der Waals surface area contributed by atoms with Crippen molar-refractivity contribution >= 4 is 17.7 Å². The minimum atomic E-state index is -0.588. The summed E-state index contributed by atoms with van der Waals surface area (Å²) >= 11 is 0. The van der Waals surface area contributed by atoms with Gasteiger partial charge in [0.25, 0.3) is 0 Å². The summed E-state index contributed by atoms with van der Waals surface area (Å²) in [5, 5.41) is 3.04. The molecule has 6 nitrogen and oxygen atoms in total. The Bertz CT molecular complexity index is 1090. The van der Waals surface area contributed by atoms with Crippen LogP contribution in [0, 0.1) is 5.92 Å². The first-order valence-corrected chi connectivity index (χ1v) is 11.1. The smallest absolute Gasteiger partial charge is 0.410 e. The molecular formula is C27H29N3O3. The third-order valence-electron chi connectivity index (χ3n) is 5.68. The Morgan fingerprint density at radius 3 is 2.30 bits per heavy atom. The van der Waals surface area contributed by atoms with Crippen LogP contribution in [0.15, 0.2) is 79.1 Å². The Morgan fingerprint density at radius 1 is 0.939 bits per heavy atom. The molecule has 1 aromatic heterocycles. The number of benzene rings is 2. The van der Waals surface area contributed by atoms with Gasteiger partial charge in [-0.05, 0) is 55.7 Å². The van der Waals surface area contributed by atoms with Gasteiger partial charge in [0, 0.05) is 37.1 Å². The maximum absolute atomic E-state index is 13.3. The summed E-state index contributed by atoms with van der Waals surface area (Å²) in [5.41, 5.74) is 3.21. The molecule has 2 heterocycles. The molecule has 0 spiro atoms. The van der Waals surface area contributed by atoms with Crippen LogP contribution in [0.1, 0.15) is 32.3 Å².